The molecule has 114 valence electrons. The van der Waals surface area contributed by atoms with E-state index in [4.69, 9.17) is 15.3 Å². The van der Waals surface area contributed by atoms with Crippen molar-refractivity contribution in [1.29, 1.82) is 0 Å². The number of rotatable bonds is 7. The third-order valence-electron chi connectivity index (χ3n) is 3.33. The summed E-state index contributed by atoms with van der Waals surface area (Å²) in [5, 5.41) is 28.9. The van der Waals surface area contributed by atoms with E-state index < -0.39 is 24.0 Å². The minimum absolute atomic E-state index is 0.160. The molecule has 1 aliphatic carbocycles. The number of urea groups is 1. The number of nitrogens with zero attached hydrogens (tertiary/aromatic N) is 1. The number of carbonyl (C=O) groups excluding carboxylic acids is 1. The summed E-state index contributed by atoms with van der Waals surface area (Å²) in [6.45, 7) is 0.439. The van der Waals surface area contributed by atoms with Gasteiger partial charge in [-0.05, 0) is 25.2 Å². The van der Waals surface area contributed by atoms with Gasteiger partial charge in [-0.2, -0.15) is 0 Å². The first kappa shape index (κ1) is 16.2. The number of hydrogen-bond donors (Lipinski definition) is 4. The third-order valence-corrected chi connectivity index (χ3v) is 3.33. The highest BCUT2D eigenvalue weighted by Crippen LogP contribution is 2.27. The number of amides is 2. The highest BCUT2D eigenvalue weighted by Gasteiger charge is 2.30. The van der Waals surface area contributed by atoms with Crippen molar-refractivity contribution in [3.63, 3.8) is 0 Å². The average Bonchev–Trinajstić information content (AvgIpc) is 2.31. The van der Waals surface area contributed by atoms with Crippen molar-refractivity contribution in [2.75, 3.05) is 13.6 Å². The molecule has 1 fully saturated rings. The molecule has 1 rings (SSSR count). The largest absolute Gasteiger partial charge is 0.481 e. The van der Waals surface area contributed by atoms with Gasteiger partial charge >= 0.3 is 18.0 Å². The van der Waals surface area contributed by atoms with Crippen molar-refractivity contribution in [2.45, 2.75) is 37.8 Å². The molecule has 0 heterocycles. The lowest BCUT2D eigenvalue weighted by Crippen LogP contribution is -2.49. The Balaban J connectivity index is 2.39. The molecule has 0 radical (unpaired) electrons. The Morgan fingerprint density at radius 2 is 1.90 bits per heavy atom. The Morgan fingerprint density at radius 1 is 1.30 bits per heavy atom. The first-order valence-corrected chi connectivity index (χ1v) is 6.44. The van der Waals surface area contributed by atoms with E-state index in [9.17, 15) is 14.4 Å². The van der Waals surface area contributed by atoms with Crippen LogP contribution >= 0.6 is 0 Å². The predicted octanol–water partition coefficient (Wildman–Crippen LogP) is -0.283. The van der Waals surface area contributed by atoms with Crippen molar-refractivity contribution < 1.29 is 29.7 Å². The van der Waals surface area contributed by atoms with Gasteiger partial charge in [-0.15, -0.1) is 0 Å². The van der Waals surface area contributed by atoms with Crippen LogP contribution < -0.4 is 5.32 Å². The molecule has 20 heavy (non-hydrogen) atoms. The van der Waals surface area contributed by atoms with Gasteiger partial charge in [-0.3, -0.25) is 4.79 Å². The Bertz CT molecular complexity index is 380. The van der Waals surface area contributed by atoms with Gasteiger partial charge in [0.1, 0.15) is 6.04 Å². The van der Waals surface area contributed by atoms with Crippen LogP contribution in [0.25, 0.3) is 0 Å². The second kappa shape index (κ2) is 7.09. The van der Waals surface area contributed by atoms with Gasteiger partial charge in [-0.25, -0.2) is 9.59 Å². The minimum atomic E-state index is -1.26. The normalized spacial score (nSPS) is 22.5. The van der Waals surface area contributed by atoms with E-state index in [1.54, 1.807) is 0 Å². The number of aliphatic carboxylic acids is 2. The standard InChI is InChI=1S/C12H20N2O6/c1-14(6-7-4-8(15)5-7)12(20)13-9(11(18)19)2-3-10(16)17/h7-9,15H,2-6H2,1H3,(H,13,20)(H,16,17)(H,18,19). The van der Waals surface area contributed by atoms with Gasteiger partial charge in [0, 0.05) is 20.0 Å². The smallest absolute Gasteiger partial charge is 0.326 e. The molecular formula is C12H20N2O6. The molecule has 0 aliphatic heterocycles. The fourth-order valence-electron chi connectivity index (χ4n) is 2.10. The number of carboxylic acid groups (broad SMARTS) is 2. The zero-order valence-electron chi connectivity index (χ0n) is 11.3. The molecule has 0 spiro atoms. The first-order chi connectivity index (χ1) is 9.29. The van der Waals surface area contributed by atoms with E-state index in [1.807, 2.05) is 0 Å². The molecule has 8 nitrogen and oxygen atoms in total. The van der Waals surface area contributed by atoms with Crippen LogP contribution in [0.4, 0.5) is 4.79 Å². The molecule has 1 unspecified atom stereocenters. The Kier molecular flexibility index (Phi) is 5.75. The fraction of sp³-hybridized carbons (Fsp3) is 0.750. The average molecular weight is 288 g/mol. The summed E-state index contributed by atoms with van der Waals surface area (Å²) < 4.78 is 0. The summed E-state index contributed by atoms with van der Waals surface area (Å²) in [5.74, 6) is -2.14. The predicted molar refractivity (Wildman–Crippen MR) is 68.2 cm³/mol. The van der Waals surface area contributed by atoms with Crippen molar-refractivity contribution in [1.82, 2.24) is 10.2 Å². The van der Waals surface area contributed by atoms with Crippen molar-refractivity contribution in [3.05, 3.63) is 0 Å². The van der Waals surface area contributed by atoms with E-state index >= 15 is 0 Å². The fourth-order valence-corrected chi connectivity index (χ4v) is 2.10. The minimum Gasteiger partial charge on any atom is -0.481 e. The van der Waals surface area contributed by atoms with Crippen molar-refractivity contribution in [3.8, 4) is 0 Å². The maximum atomic E-state index is 11.8. The number of aliphatic hydroxyl groups is 1. The lowest BCUT2D eigenvalue weighted by molar-refractivity contribution is -0.140. The topological polar surface area (TPSA) is 127 Å². The van der Waals surface area contributed by atoms with Crippen LogP contribution in [0.1, 0.15) is 25.7 Å². The first-order valence-electron chi connectivity index (χ1n) is 6.44. The zero-order chi connectivity index (χ0) is 15.3. The van der Waals surface area contributed by atoms with Crippen LogP contribution in [0.3, 0.4) is 0 Å². The Hall–Kier alpha value is -1.83. The highest BCUT2D eigenvalue weighted by atomic mass is 16.4. The van der Waals surface area contributed by atoms with Gasteiger partial charge in [0.15, 0.2) is 0 Å². The number of nitrogens with one attached hydrogen (secondary N) is 1. The molecular weight excluding hydrogens is 268 g/mol. The molecule has 4 N–H and O–H groups in total. The summed E-state index contributed by atoms with van der Waals surface area (Å²) in [7, 11) is 1.54. The van der Waals surface area contributed by atoms with Gasteiger partial charge in [0.05, 0.1) is 6.10 Å². The summed E-state index contributed by atoms with van der Waals surface area (Å²) in [6, 6.07) is -1.77. The molecule has 2 amide bonds. The summed E-state index contributed by atoms with van der Waals surface area (Å²) in [6.07, 6.45) is 0.485. The summed E-state index contributed by atoms with van der Waals surface area (Å²) in [4.78, 5) is 34.5. The molecule has 0 aromatic rings. The van der Waals surface area contributed by atoms with Gasteiger partial charge in [0.25, 0.3) is 0 Å². The lowest BCUT2D eigenvalue weighted by Gasteiger charge is -2.34. The second-order valence-corrected chi connectivity index (χ2v) is 5.14. The van der Waals surface area contributed by atoms with Gasteiger partial charge in [-0.1, -0.05) is 0 Å². The van der Waals surface area contributed by atoms with Crippen LogP contribution in [0.15, 0.2) is 0 Å². The van der Waals surface area contributed by atoms with E-state index in [0.29, 0.717) is 19.4 Å². The molecule has 1 atom stereocenters. The van der Waals surface area contributed by atoms with Crippen LogP contribution in [-0.2, 0) is 9.59 Å². The Labute approximate surface area is 116 Å². The molecule has 0 saturated heterocycles. The summed E-state index contributed by atoms with van der Waals surface area (Å²) >= 11 is 0. The molecule has 1 saturated carbocycles. The van der Waals surface area contributed by atoms with E-state index in [1.165, 1.54) is 11.9 Å². The SMILES string of the molecule is CN(CC1CC(O)C1)C(=O)NC(CCC(=O)O)C(=O)O. The lowest BCUT2D eigenvalue weighted by atomic mass is 9.82. The second-order valence-electron chi connectivity index (χ2n) is 5.14. The maximum absolute atomic E-state index is 11.8. The number of aliphatic hydroxyl groups excluding tert-OH is 1. The quantitative estimate of drug-likeness (QED) is 0.510. The Morgan fingerprint density at radius 3 is 2.35 bits per heavy atom. The summed E-state index contributed by atoms with van der Waals surface area (Å²) in [5.41, 5.74) is 0. The van der Waals surface area contributed by atoms with Crippen LogP contribution in [-0.4, -0.2) is 63.9 Å². The van der Waals surface area contributed by atoms with Crippen molar-refractivity contribution in [2.24, 2.45) is 5.92 Å². The van der Waals surface area contributed by atoms with Gasteiger partial charge < -0.3 is 25.5 Å². The molecule has 0 aromatic carbocycles. The van der Waals surface area contributed by atoms with Crippen molar-refractivity contribution >= 4 is 18.0 Å². The molecule has 0 aromatic heterocycles. The van der Waals surface area contributed by atoms with Crippen LogP contribution in [0, 0.1) is 5.92 Å². The molecule has 0 bridgehead atoms. The maximum Gasteiger partial charge on any atom is 0.326 e. The van der Waals surface area contributed by atoms with E-state index in [2.05, 4.69) is 5.32 Å². The number of carboxylic acids is 2. The third kappa shape index (κ3) is 5.04. The number of hydrogen-bond acceptors (Lipinski definition) is 4. The molecule has 1 aliphatic rings. The van der Waals surface area contributed by atoms with E-state index in [-0.39, 0.29) is 24.9 Å². The monoisotopic (exact) mass is 288 g/mol. The number of carbonyl (C=O) groups is 3. The van der Waals surface area contributed by atoms with Crippen LogP contribution in [0.5, 0.6) is 0 Å². The van der Waals surface area contributed by atoms with E-state index in [0.717, 1.165) is 0 Å². The zero-order valence-corrected chi connectivity index (χ0v) is 11.3. The molecule has 8 heteroatoms. The van der Waals surface area contributed by atoms with Gasteiger partial charge in [0.2, 0.25) is 0 Å². The van der Waals surface area contributed by atoms with Crippen LogP contribution in [0.2, 0.25) is 0 Å². The highest BCUT2D eigenvalue weighted by molar-refractivity contribution is 5.82.